The highest BCUT2D eigenvalue weighted by Gasteiger charge is 2.42. The molecular weight excluding hydrogens is 340 g/mol. The van der Waals surface area contributed by atoms with Crippen molar-refractivity contribution in [3.8, 4) is 0 Å². The third kappa shape index (κ3) is 6.69. The van der Waals surface area contributed by atoms with E-state index in [0.717, 1.165) is 44.9 Å². The van der Waals surface area contributed by atoms with Gasteiger partial charge in [0.25, 0.3) is 0 Å². The molecule has 7 nitrogen and oxygen atoms in total. The van der Waals surface area contributed by atoms with Gasteiger partial charge in [-0.25, -0.2) is 9.59 Å². The Balaban J connectivity index is 2.11. The lowest BCUT2D eigenvalue weighted by molar-refractivity contribution is -0.152. The Morgan fingerprint density at radius 2 is 1.65 bits per heavy atom. The molecule has 0 unspecified atom stereocenters. The van der Waals surface area contributed by atoms with E-state index in [-0.39, 0.29) is 6.10 Å². The lowest BCUT2D eigenvalue weighted by atomic mass is 10.00. The normalized spacial score (nSPS) is 32.5. The first-order valence-corrected chi connectivity index (χ1v) is 9.39. The van der Waals surface area contributed by atoms with Crippen LogP contribution >= 0.6 is 0 Å². The molecule has 1 fully saturated rings. The number of fused-ring (bicyclic) bond motifs is 1. The summed E-state index contributed by atoms with van der Waals surface area (Å²) in [7, 11) is 0. The first-order valence-electron chi connectivity index (χ1n) is 9.39. The highest BCUT2D eigenvalue weighted by atomic mass is 16.8. The zero-order valence-corrected chi connectivity index (χ0v) is 15.5. The van der Waals surface area contributed by atoms with Crippen LogP contribution in [0.25, 0.3) is 0 Å². The highest BCUT2D eigenvalue weighted by Crippen LogP contribution is 2.25. The minimum Gasteiger partial charge on any atom is -0.460 e. The predicted molar refractivity (Wildman–Crippen MR) is 92.3 cm³/mol. The topological polar surface area (TPSA) is 88.1 Å². The van der Waals surface area contributed by atoms with Crippen LogP contribution in [0.4, 0.5) is 4.79 Å². The van der Waals surface area contributed by atoms with Gasteiger partial charge in [0, 0.05) is 13.0 Å². The van der Waals surface area contributed by atoms with Gasteiger partial charge < -0.3 is 18.9 Å². The van der Waals surface area contributed by atoms with Crippen LogP contribution in [0, 0.1) is 0 Å². The molecule has 1 saturated heterocycles. The maximum absolute atomic E-state index is 11.9. The van der Waals surface area contributed by atoms with Crippen molar-refractivity contribution in [3.63, 3.8) is 0 Å². The Morgan fingerprint density at radius 3 is 2.35 bits per heavy atom. The van der Waals surface area contributed by atoms with Crippen molar-refractivity contribution in [3.05, 3.63) is 12.2 Å². The van der Waals surface area contributed by atoms with Gasteiger partial charge in [0.15, 0.2) is 12.2 Å². The summed E-state index contributed by atoms with van der Waals surface area (Å²) in [5.41, 5.74) is 0. The molecule has 2 heterocycles. The fourth-order valence-corrected chi connectivity index (χ4v) is 3.28. The molecule has 0 aliphatic carbocycles. The average molecular weight is 368 g/mol. The lowest BCUT2D eigenvalue weighted by Gasteiger charge is -2.23. The number of esters is 2. The maximum Gasteiger partial charge on any atom is 0.509 e. The number of carbonyl (C=O) groups is 3. The van der Waals surface area contributed by atoms with Gasteiger partial charge >= 0.3 is 18.1 Å². The van der Waals surface area contributed by atoms with E-state index < -0.39 is 36.4 Å². The molecule has 2 aliphatic rings. The second kappa shape index (κ2) is 10.2. The molecule has 2 rings (SSSR count). The van der Waals surface area contributed by atoms with E-state index in [2.05, 4.69) is 0 Å². The van der Waals surface area contributed by atoms with Crippen molar-refractivity contribution in [1.82, 2.24) is 0 Å². The van der Waals surface area contributed by atoms with Crippen LogP contribution in [0.3, 0.4) is 0 Å². The molecule has 4 atom stereocenters. The number of ether oxygens (including phenoxy) is 4. The van der Waals surface area contributed by atoms with Crippen LogP contribution < -0.4 is 0 Å². The number of rotatable bonds is 1. The Bertz CT molecular complexity index is 528. The van der Waals surface area contributed by atoms with Crippen LogP contribution in [0.15, 0.2) is 12.2 Å². The lowest BCUT2D eigenvalue weighted by Crippen LogP contribution is -2.37. The molecule has 0 amide bonds. The molecule has 0 aromatic carbocycles. The van der Waals surface area contributed by atoms with Gasteiger partial charge in [-0.2, -0.15) is 0 Å². The SMILES string of the molecule is CC(=O)O[C@H]1CCCCCCCC[C@@H](C)OC(=O)/C=C/[C@@H]2OC(=O)O[C@H]21. The van der Waals surface area contributed by atoms with Crippen molar-refractivity contribution >= 4 is 18.1 Å². The van der Waals surface area contributed by atoms with Crippen molar-refractivity contribution in [1.29, 1.82) is 0 Å². The first kappa shape index (κ1) is 20.3. The molecule has 0 spiro atoms. The monoisotopic (exact) mass is 368 g/mol. The third-order valence-electron chi connectivity index (χ3n) is 4.56. The molecule has 7 heteroatoms. The largest absolute Gasteiger partial charge is 0.509 e. The summed E-state index contributed by atoms with van der Waals surface area (Å²) in [6.45, 7) is 3.19. The van der Waals surface area contributed by atoms with Crippen molar-refractivity contribution in [2.75, 3.05) is 0 Å². The minimum absolute atomic E-state index is 0.160. The zero-order valence-electron chi connectivity index (χ0n) is 15.5. The molecule has 2 aliphatic heterocycles. The van der Waals surface area contributed by atoms with Gasteiger partial charge in [-0.1, -0.05) is 25.7 Å². The van der Waals surface area contributed by atoms with Crippen molar-refractivity contribution in [2.24, 2.45) is 0 Å². The van der Waals surface area contributed by atoms with E-state index in [9.17, 15) is 14.4 Å². The van der Waals surface area contributed by atoms with Crippen molar-refractivity contribution in [2.45, 2.75) is 89.6 Å². The van der Waals surface area contributed by atoms with E-state index in [0.29, 0.717) is 6.42 Å². The number of carbonyl (C=O) groups excluding carboxylic acids is 3. The van der Waals surface area contributed by atoms with Gasteiger partial charge in [-0.15, -0.1) is 0 Å². The fourth-order valence-electron chi connectivity index (χ4n) is 3.28. The number of hydrogen-bond acceptors (Lipinski definition) is 7. The third-order valence-corrected chi connectivity index (χ3v) is 4.56. The average Bonchev–Trinajstić information content (AvgIpc) is 2.93. The van der Waals surface area contributed by atoms with Gasteiger partial charge in [0.1, 0.15) is 6.10 Å². The van der Waals surface area contributed by atoms with Gasteiger partial charge in [-0.05, 0) is 38.7 Å². The van der Waals surface area contributed by atoms with Crippen LogP contribution in [0.2, 0.25) is 0 Å². The van der Waals surface area contributed by atoms with Crippen LogP contribution in [-0.2, 0) is 28.5 Å². The number of hydrogen-bond donors (Lipinski definition) is 0. The predicted octanol–water partition coefficient (Wildman–Crippen LogP) is 3.44. The van der Waals surface area contributed by atoms with E-state index >= 15 is 0 Å². The maximum atomic E-state index is 11.9. The van der Waals surface area contributed by atoms with E-state index in [1.807, 2.05) is 6.92 Å². The molecule has 0 bridgehead atoms. The fraction of sp³-hybridized carbons (Fsp3) is 0.737. The van der Waals surface area contributed by atoms with Crippen LogP contribution in [-0.4, -0.2) is 42.5 Å². The molecular formula is C19H28O7. The quantitative estimate of drug-likeness (QED) is 0.517. The Kier molecular flexibility index (Phi) is 7.94. The smallest absolute Gasteiger partial charge is 0.460 e. The molecule has 0 aromatic rings. The van der Waals surface area contributed by atoms with E-state index in [1.54, 1.807) is 0 Å². The summed E-state index contributed by atoms with van der Waals surface area (Å²) in [4.78, 5) is 34.9. The molecule has 0 saturated carbocycles. The highest BCUT2D eigenvalue weighted by molar-refractivity contribution is 5.82. The summed E-state index contributed by atoms with van der Waals surface area (Å²) in [5.74, 6) is -0.932. The van der Waals surface area contributed by atoms with E-state index in [4.69, 9.17) is 18.9 Å². The first-order chi connectivity index (χ1) is 12.5. The second-order valence-corrected chi connectivity index (χ2v) is 6.87. The molecule has 0 radical (unpaired) electrons. The Morgan fingerprint density at radius 1 is 1.00 bits per heavy atom. The zero-order chi connectivity index (χ0) is 18.9. The Hall–Kier alpha value is -2.05. The summed E-state index contributed by atoms with van der Waals surface area (Å²) in [6.07, 6.45) is 7.14. The van der Waals surface area contributed by atoms with Crippen molar-refractivity contribution < 1.29 is 33.3 Å². The molecule has 26 heavy (non-hydrogen) atoms. The van der Waals surface area contributed by atoms with E-state index in [1.165, 1.54) is 19.1 Å². The molecule has 0 aromatic heterocycles. The summed E-state index contributed by atoms with van der Waals surface area (Å²) >= 11 is 0. The van der Waals surface area contributed by atoms with Gasteiger partial charge in [0.05, 0.1) is 6.10 Å². The van der Waals surface area contributed by atoms with Gasteiger partial charge in [-0.3, -0.25) is 4.79 Å². The summed E-state index contributed by atoms with van der Waals surface area (Å²) in [6, 6.07) is 0. The molecule has 146 valence electrons. The van der Waals surface area contributed by atoms with Gasteiger partial charge in [0.2, 0.25) is 0 Å². The molecule has 0 N–H and O–H groups in total. The number of cyclic esters (lactones) is 1. The van der Waals surface area contributed by atoms with Crippen LogP contribution in [0.5, 0.6) is 0 Å². The summed E-state index contributed by atoms with van der Waals surface area (Å²) in [5, 5.41) is 0. The van der Waals surface area contributed by atoms with Crippen LogP contribution in [0.1, 0.15) is 65.2 Å². The second-order valence-electron chi connectivity index (χ2n) is 6.87. The minimum atomic E-state index is -0.832. The standard InChI is InChI=1S/C19H28O7/c1-13-9-7-5-3-4-6-8-10-15(24-14(2)20)18-16(25-19(22)26-18)11-12-17(21)23-13/h11-13,15-16,18H,3-10H2,1-2H3/b12-11+/t13-,15+,16+,18+/m1/s1. The Labute approximate surface area is 154 Å². The summed E-state index contributed by atoms with van der Waals surface area (Å²) < 4.78 is 21.0.